The zero-order valence-electron chi connectivity index (χ0n) is 16.3. The molecule has 164 valence electrons. The Morgan fingerprint density at radius 2 is 1.66 bits per heavy atom. The highest BCUT2D eigenvalue weighted by atomic mass is 32.2. The van der Waals surface area contributed by atoms with E-state index in [0.29, 0.717) is 10.9 Å². The van der Waals surface area contributed by atoms with Crippen molar-refractivity contribution in [2.24, 2.45) is 0 Å². The highest BCUT2D eigenvalue weighted by Gasteiger charge is 2.45. The van der Waals surface area contributed by atoms with Crippen LogP contribution < -0.4 is 4.74 Å². The third kappa shape index (κ3) is 4.95. The molecule has 0 bridgehead atoms. The molecule has 0 spiro atoms. The van der Waals surface area contributed by atoms with Crippen molar-refractivity contribution in [2.45, 2.75) is 11.6 Å². The average molecular weight is 460 g/mol. The van der Waals surface area contributed by atoms with E-state index in [1.165, 1.54) is 18.2 Å². The Hall–Kier alpha value is -3.31. The molecule has 7 nitrogen and oxygen atoms in total. The van der Waals surface area contributed by atoms with Crippen molar-refractivity contribution in [1.29, 1.82) is 0 Å². The number of ether oxygens (including phenoxy) is 2. The van der Waals surface area contributed by atoms with Gasteiger partial charge in [0.15, 0.2) is 6.61 Å². The summed E-state index contributed by atoms with van der Waals surface area (Å²) in [5, 5.41) is -3.35. The molecule has 0 unspecified atom stereocenters. The molecule has 0 saturated carbocycles. The van der Waals surface area contributed by atoms with Crippen LogP contribution in [0.1, 0.15) is 26.3 Å². The molecule has 0 amide bonds. The van der Waals surface area contributed by atoms with Gasteiger partial charge in [-0.25, -0.2) is 9.59 Å². The van der Waals surface area contributed by atoms with Gasteiger partial charge in [-0.05, 0) is 29.0 Å². The van der Waals surface area contributed by atoms with Crippen molar-refractivity contribution in [3.63, 3.8) is 0 Å². The Morgan fingerprint density at radius 1 is 0.969 bits per heavy atom. The molecular formula is C21H15BF2O7S. The van der Waals surface area contributed by atoms with Crippen LogP contribution in [0.25, 0.3) is 10.8 Å². The molecule has 0 saturated heterocycles. The normalized spacial score (nSPS) is 11.8. The minimum atomic E-state index is -5.79. The lowest BCUT2D eigenvalue weighted by molar-refractivity contribution is -0.00967. The Kier molecular flexibility index (Phi) is 6.61. The highest BCUT2D eigenvalue weighted by molar-refractivity contribution is 7.86. The molecule has 0 atom stereocenters. The maximum Gasteiger partial charge on any atom is 0.402 e. The summed E-state index contributed by atoms with van der Waals surface area (Å²) in [5.74, 6) is -2.53. The number of alkyl halides is 2. The third-order valence-electron chi connectivity index (χ3n) is 4.46. The van der Waals surface area contributed by atoms with E-state index in [1.807, 2.05) is 0 Å². The van der Waals surface area contributed by atoms with Gasteiger partial charge in [-0.1, -0.05) is 54.3 Å². The van der Waals surface area contributed by atoms with Crippen molar-refractivity contribution in [3.8, 4) is 5.75 Å². The minimum Gasteiger partial charge on any atom is -0.454 e. The van der Waals surface area contributed by atoms with E-state index >= 15 is 0 Å². The Bertz CT molecular complexity index is 1290. The Balaban J connectivity index is 1.91. The fraction of sp³-hybridized carbons (Fsp3) is 0.143. The fourth-order valence-corrected chi connectivity index (χ4v) is 3.01. The van der Waals surface area contributed by atoms with Crippen LogP contribution in [-0.2, 0) is 21.2 Å². The van der Waals surface area contributed by atoms with Crippen LogP contribution in [0.5, 0.6) is 5.75 Å². The second-order valence-corrected chi connectivity index (χ2v) is 8.19. The van der Waals surface area contributed by atoms with Crippen LogP contribution >= 0.6 is 0 Å². The quantitative estimate of drug-likeness (QED) is 0.249. The van der Waals surface area contributed by atoms with Crippen LogP contribution in [0.15, 0.2) is 60.7 Å². The first kappa shape index (κ1) is 23.4. The summed E-state index contributed by atoms with van der Waals surface area (Å²) in [6.45, 7) is -1.93. The summed E-state index contributed by atoms with van der Waals surface area (Å²) in [6, 6.07) is 15.7. The number of carbonyl (C=O) groups is 2. The van der Waals surface area contributed by atoms with Crippen LogP contribution in [0, 0.1) is 0 Å². The summed E-state index contributed by atoms with van der Waals surface area (Å²) >= 11 is 0. The first-order valence-corrected chi connectivity index (χ1v) is 10.5. The SMILES string of the molecule is [B]Cc1ccc(C(=O)OCC(F)(F)S(=O)(=O)O)c(OC(=O)c2cccc3ccccc23)c1. The van der Waals surface area contributed by atoms with Crippen molar-refractivity contribution in [3.05, 3.63) is 77.4 Å². The van der Waals surface area contributed by atoms with Gasteiger partial charge in [0.05, 0.1) is 13.4 Å². The van der Waals surface area contributed by atoms with Gasteiger partial charge in [0.1, 0.15) is 11.3 Å². The maximum atomic E-state index is 13.4. The first-order chi connectivity index (χ1) is 15.0. The van der Waals surface area contributed by atoms with E-state index in [2.05, 4.69) is 4.74 Å². The number of hydrogen-bond acceptors (Lipinski definition) is 6. The number of esters is 2. The molecule has 0 aliphatic heterocycles. The second kappa shape index (κ2) is 9.05. The molecule has 3 rings (SSSR count). The molecule has 3 aromatic carbocycles. The van der Waals surface area contributed by atoms with Gasteiger partial charge in [0.25, 0.3) is 0 Å². The smallest absolute Gasteiger partial charge is 0.402 e. The number of carbonyl (C=O) groups excluding carboxylic acids is 2. The van der Waals surface area contributed by atoms with Gasteiger partial charge in [-0.2, -0.15) is 17.2 Å². The summed E-state index contributed by atoms with van der Waals surface area (Å²) in [7, 11) is -0.215. The maximum absolute atomic E-state index is 13.4. The van der Waals surface area contributed by atoms with Crippen molar-refractivity contribution in [2.75, 3.05) is 6.61 Å². The Morgan fingerprint density at radius 3 is 2.34 bits per heavy atom. The minimum absolute atomic E-state index is 0.0228. The zero-order valence-corrected chi connectivity index (χ0v) is 17.1. The molecule has 0 fully saturated rings. The molecule has 0 aliphatic carbocycles. The van der Waals surface area contributed by atoms with Gasteiger partial charge in [0.2, 0.25) is 0 Å². The number of rotatable bonds is 7. The fourth-order valence-electron chi connectivity index (χ4n) is 2.81. The molecule has 32 heavy (non-hydrogen) atoms. The van der Waals surface area contributed by atoms with Crippen LogP contribution in [0.2, 0.25) is 0 Å². The van der Waals surface area contributed by atoms with E-state index in [4.69, 9.17) is 17.1 Å². The average Bonchev–Trinajstić information content (AvgIpc) is 2.76. The second-order valence-electron chi connectivity index (χ2n) is 6.64. The van der Waals surface area contributed by atoms with Crippen LogP contribution in [0.3, 0.4) is 0 Å². The molecule has 3 aromatic rings. The zero-order chi connectivity index (χ0) is 23.5. The summed E-state index contributed by atoms with van der Waals surface area (Å²) in [6.07, 6.45) is 0.0228. The van der Waals surface area contributed by atoms with E-state index in [0.717, 1.165) is 11.5 Å². The summed E-state index contributed by atoms with van der Waals surface area (Å²) < 4.78 is 66.4. The standard InChI is InChI=1S/C21H15BF2O7S/c22-11-13-8-9-17(19(25)30-12-21(23,24)32(27,28)29)18(10-13)31-20(26)16-7-3-5-14-4-1-2-6-15(14)16/h1-10H,11-12H2,(H,27,28,29). The van der Waals surface area contributed by atoms with Gasteiger partial charge in [-0.3, -0.25) is 4.55 Å². The lowest BCUT2D eigenvalue weighted by atomic mass is 9.96. The predicted octanol–water partition coefficient (Wildman–Crippen LogP) is 3.36. The van der Waals surface area contributed by atoms with E-state index in [1.54, 1.807) is 36.4 Å². The lowest BCUT2D eigenvalue weighted by Crippen LogP contribution is -2.34. The van der Waals surface area contributed by atoms with E-state index < -0.39 is 39.5 Å². The first-order valence-electron chi connectivity index (χ1n) is 9.08. The third-order valence-corrected chi connectivity index (χ3v) is 5.34. The molecule has 1 N–H and O–H groups in total. The van der Waals surface area contributed by atoms with Crippen LogP contribution in [-0.4, -0.2) is 44.6 Å². The largest absolute Gasteiger partial charge is 0.454 e. The topological polar surface area (TPSA) is 107 Å². The van der Waals surface area contributed by atoms with Crippen molar-refractivity contribution in [1.82, 2.24) is 0 Å². The van der Waals surface area contributed by atoms with E-state index in [-0.39, 0.29) is 17.6 Å². The molecule has 2 radical (unpaired) electrons. The molecule has 0 heterocycles. The summed E-state index contributed by atoms with van der Waals surface area (Å²) in [5.41, 5.74) is 0.242. The monoisotopic (exact) mass is 460 g/mol. The van der Waals surface area contributed by atoms with Gasteiger partial charge in [0, 0.05) is 0 Å². The predicted molar refractivity (Wildman–Crippen MR) is 112 cm³/mol. The lowest BCUT2D eigenvalue weighted by Gasteiger charge is -2.15. The molecule has 11 heteroatoms. The van der Waals surface area contributed by atoms with E-state index in [9.17, 15) is 26.8 Å². The van der Waals surface area contributed by atoms with Crippen molar-refractivity contribution >= 4 is 40.7 Å². The van der Waals surface area contributed by atoms with Crippen molar-refractivity contribution < 1.29 is 40.8 Å². The van der Waals surface area contributed by atoms with Gasteiger partial charge < -0.3 is 9.47 Å². The number of halogens is 2. The number of hydrogen-bond donors (Lipinski definition) is 1. The number of fused-ring (bicyclic) bond motifs is 1. The van der Waals surface area contributed by atoms with Gasteiger partial charge >= 0.3 is 27.3 Å². The molecular weight excluding hydrogens is 445 g/mol. The van der Waals surface area contributed by atoms with Gasteiger partial charge in [-0.15, -0.1) is 0 Å². The molecule has 0 aliphatic rings. The highest BCUT2D eigenvalue weighted by Crippen LogP contribution is 2.27. The number of benzene rings is 3. The Labute approximate surface area is 183 Å². The summed E-state index contributed by atoms with van der Waals surface area (Å²) in [4.78, 5) is 25.1. The van der Waals surface area contributed by atoms with Crippen LogP contribution in [0.4, 0.5) is 8.78 Å². The molecule has 0 aromatic heterocycles.